The van der Waals surface area contributed by atoms with E-state index in [0.717, 1.165) is 0 Å². The van der Waals surface area contributed by atoms with Crippen molar-refractivity contribution in [3.05, 3.63) is 0 Å². The highest BCUT2D eigenvalue weighted by Gasteiger charge is 2.55. The number of aliphatic hydroxyl groups is 1. The first kappa shape index (κ1) is 26.4. The third-order valence-electron chi connectivity index (χ3n) is 2.79. The smallest absolute Gasteiger partial charge is 0.394 e. The summed E-state index contributed by atoms with van der Waals surface area (Å²) in [5, 5.41) is 9.26. The molecule has 0 aliphatic carbocycles. The molecule has 0 aromatic rings. The van der Waals surface area contributed by atoms with Gasteiger partial charge in [0.15, 0.2) is 12.4 Å². The molecule has 9 N–H and O–H groups in total. The second-order valence-electron chi connectivity index (χ2n) is 5.00. The summed E-state index contributed by atoms with van der Waals surface area (Å²) in [6, 6.07) is 0. The molecule has 1 aliphatic heterocycles. The van der Waals surface area contributed by atoms with Gasteiger partial charge < -0.3 is 49.0 Å². The van der Waals surface area contributed by atoms with Crippen LogP contribution in [0.3, 0.4) is 0 Å². The van der Waals surface area contributed by atoms with Crippen LogP contribution in [-0.4, -0.2) is 81.6 Å². The molecule has 0 saturated carbocycles. The lowest BCUT2D eigenvalue weighted by atomic mass is 9.99. The zero-order valence-corrected chi connectivity index (χ0v) is 16.7. The number of rotatable bonds is 9. The number of hydrogen-bond donors (Lipinski definition) is 9. The van der Waals surface area contributed by atoms with Gasteiger partial charge in [0.25, 0.3) is 0 Å². The largest absolute Gasteiger partial charge is 0.472 e. The first-order valence-corrected chi connectivity index (χ1v) is 12.7. The van der Waals surface area contributed by atoms with E-state index in [9.17, 15) is 23.4 Å². The fourth-order valence-electron chi connectivity index (χ4n) is 2.08. The van der Waals surface area contributed by atoms with Gasteiger partial charge >= 0.3 is 31.3 Å². The van der Waals surface area contributed by atoms with Crippen LogP contribution >= 0.6 is 31.3 Å². The molecule has 168 valence electrons. The van der Waals surface area contributed by atoms with Crippen LogP contribution in [0.5, 0.6) is 0 Å². The van der Waals surface area contributed by atoms with Crippen LogP contribution < -0.4 is 0 Å². The molecule has 1 rings (SSSR count). The van der Waals surface area contributed by atoms with E-state index < -0.39 is 68.6 Å². The lowest BCUT2D eigenvalue weighted by molar-refractivity contribution is -0.271. The lowest BCUT2D eigenvalue weighted by Crippen LogP contribution is -2.60. The van der Waals surface area contributed by atoms with E-state index in [1.807, 2.05) is 0 Å². The maximum atomic E-state index is 11.2. The molecule has 18 nitrogen and oxygen atoms in total. The van der Waals surface area contributed by atoms with Gasteiger partial charge in [0.05, 0.1) is 6.61 Å². The molecule has 0 unspecified atom stereocenters. The summed E-state index contributed by atoms with van der Waals surface area (Å²) in [5.74, 6) is 0. The Balaban J connectivity index is 3.48. The van der Waals surface area contributed by atoms with Crippen molar-refractivity contribution in [3.8, 4) is 0 Å². The fourth-order valence-corrected chi connectivity index (χ4v) is 4.19. The zero-order chi connectivity index (χ0) is 22.1. The average Bonchev–Trinajstić information content (AvgIpc) is 2.39. The molecule has 1 heterocycles. The number of aliphatic hydroxyl groups excluding tert-OH is 1. The van der Waals surface area contributed by atoms with E-state index in [4.69, 9.17) is 43.9 Å². The van der Waals surface area contributed by atoms with Gasteiger partial charge in [-0.05, 0) is 0 Å². The second-order valence-corrected chi connectivity index (χ2v) is 9.77. The molecule has 1 aliphatic rings. The van der Waals surface area contributed by atoms with Gasteiger partial charge in [-0.15, -0.1) is 0 Å². The van der Waals surface area contributed by atoms with Crippen molar-refractivity contribution < 1.29 is 85.3 Å². The van der Waals surface area contributed by atoms with Crippen molar-refractivity contribution in [3.63, 3.8) is 0 Å². The van der Waals surface area contributed by atoms with Crippen LogP contribution in [-0.2, 0) is 41.1 Å². The minimum Gasteiger partial charge on any atom is -0.394 e. The second kappa shape index (κ2) is 9.24. The van der Waals surface area contributed by atoms with E-state index in [2.05, 4.69) is 18.1 Å². The highest BCUT2D eigenvalue weighted by Crippen LogP contribution is 2.52. The molecule has 0 bridgehead atoms. The summed E-state index contributed by atoms with van der Waals surface area (Å²) in [7, 11) is -22.2. The van der Waals surface area contributed by atoms with Gasteiger partial charge in [-0.1, -0.05) is 0 Å². The third kappa shape index (κ3) is 9.45. The Labute approximate surface area is 154 Å². The van der Waals surface area contributed by atoms with Gasteiger partial charge in [0.2, 0.25) is 0 Å². The molecule has 1 fully saturated rings. The molecular weight excluding hydrogens is 484 g/mol. The maximum Gasteiger partial charge on any atom is 0.472 e. The first-order chi connectivity index (χ1) is 12.3. The molecule has 28 heavy (non-hydrogen) atoms. The highest BCUT2D eigenvalue weighted by atomic mass is 31.2. The zero-order valence-electron chi connectivity index (χ0n) is 13.1. The van der Waals surface area contributed by atoms with Crippen LogP contribution in [0.4, 0.5) is 0 Å². The summed E-state index contributed by atoms with van der Waals surface area (Å²) in [4.78, 5) is 71.4. The molecule has 0 radical (unpaired) electrons. The monoisotopic (exact) mass is 500 g/mol. The van der Waals surface area contributed by atoms with E-state index >= 15 is 0 Å². The highest BCUT2D eigenvalue weighted by molar-refractivity contribution is 7.47. The van der Waals surface area contributed by atoms with Gasteiger partial charge in [-0.25, -0.2) is 18.3 Å². The van der Waals surface area contributed by atoms with Gasteiger partial charge in [0.1, 0.15) is 18.3 Å². The van der Waals surface area contributed by atoms with Crippen molar-refractivity contribution in [2.24, 2.45) is 0 Å². The number of ether oxygens (including phenoxy) is 1. The molecule has 0 aromatic heterocycles. The minimum atomic E-state index is -5.61. The normalized spacial score (nSPS) is 30.4. The Bertz CT molecular complexity index is 712. The Hall–Kier alpha value is 0.360. The summed E-state index contributed by atoms with van der Waals surface area (Å²) in [5.41, 5.74) is 0. The minimum absolute atomic E-state index is 1.24. The van der Waals surface area contributed by atoms with E-state index in [1.54, 1.807) is 0 Å². The summed E-state index contributed by atoms with van der Waals surface area (Å²) in [6.07, 6.45) is -12.1. The summed E-state index contributed by atoms with van der Waals surface area (Å²) in [6.45, 7) is -1.24. The number of phosphoric acid groups is 4. The van der Waals surface area contributed by atoms with Gasteiger partial charge in [0, 0.05) is 0 Å². The van der Waals surface area contributed by atoms with Gasteiger partial charge in [-0.2, -0.15) is 0 Å². The van der Waals surface area contributed by atoms with Crippen LogP contribution in [0.1, 0.15) is 0 Å². The Morgan fingerprint density at radius 3 is 1.32 bits per heavy atom. The molecule has 0 spiro atoms. The van der Waals surface area contributed by atoms with E-state index in [1.165, 1.54) is 0 Å². The predicted molar refractivity (Wildman–Crippen MR) is 79.6 cm³/mol. The van der Waals surface area contributed by atoms with Gasteiger partial charge in [-0.3, -0.25) is 18.1 Å². The van der Waals surface area contributed by atoms with Crippen molar-refractivity contribution in [2.75, 3.05) is 6.61 Å². The third-order valence-corrected chi connectivity index (χ3v) is 4.83. The molecule has 5 atom stereocenters. The Morgan fingerprint density at radius 2 is 0.964 bits per heavy atom. The maximum absolute atomic E-state index is 11.2. The Morgan fingerprint density at radius 1 is 0.607 bits per heavy atom. The molecular formula is C6H16O18P4. The quantitative estimate of drug-likeness (QED) is 0.145. The average molecular weight is 500 g/mol. The van der Waals surface area contributed by atoms with Crippen LogP contribution in [0.15, 0.2) is 0 Å². The number of hydrogen-bond acceptors (Lipinski definition) is 10. The van der Waals surface area contributed by atoms with Crippen LogP contribution in [0.25, 0.3) is 0 Å². The van der Waals surface area contributed by atoms with Crippen molar-refractivity contribution in [1.29, 1.82) is 0 Å². The molecule has 22 heteroatoms. The number of phosphoric ester groups is 4. The van der Waals surface area contributed by atoms with Crippen molar-refractivity contribution in [2.45, 2.75) is 30.7 Å². The van der Waals surface area contributed by atoms with Crippen molar-refractivity contribution in [1.82, 2.24) is 0 Å². The molecule has 0 amide bonds. The first-order valence-electron chi connectivity index (χ1n) is 6.53. The lowest BCUT2D eigenvalue weighted by Gasteiger charge is -2.44. The molecule has 0 aromatic carbocycles. The summed E-state index contributed by atoms with van der Waals surface area (Å²) >= 11 is 0. The SMILES string of the molecule is O=P(O)(O)O[C@@H]1O[C@H](CO)[C@H](OP(=O)(O)O)[C@H](OP(=O)(O)O)[C@H]1OP(=O)(O)O. The van der Waals surface area contributed by atoms with Crippen LogP contribution in [0.2, 0.25) is 0 Å². The van der Waals surface area contributed by atoms with E-state index in [-0.39, 0.29) is 0 Å². The molecule has 1 saturated heterocycles. The Kier molecular flexibility index (Phi) is 8.71. The predicted octanol–water partition coefficient (Wildman–Crippen LogP) is -2.75. The van der Waals surface area contributed by atoms with Crippen molar-refractivity contribution >= 4 is 31.3 Å². The standard InChI is InChI=1S/C6H16O18P4/c7-1-2-3(21-25(8,9)10)4(22-26(11,12)13)5(23-27(14,15)16)6(20-2)24-28(17,18)19/h2-7H,1H2,(H2,8,9,10)(H2,11,12,13)(H2,14,15,16)(H2,17,18,19)/t2-,3+,4+,5-,6+/m1/s1. The summed E-state index contributed by atoms with van der Waals surface area (Å²) < 4.78 is 65.8. The fraction of sp³-hybridized carbons (Fsp3) is 1.00. The van der Waals surface area contributed by atoms with E-state index in [0.29, 0.717) is 0 Å². The van der Waals surface area contributed by atoms with Crippen LogP contribution in [0, 0.1) is 0 Å². The topological polar surface area (TPSA) is 296 Å².